The molecule has 1 heterocycles. The second-order valence-corrected chi connectivity index (χ2v) is 19.0. The number of anilines is 1. The molecule has 4 aliphatic rings. The van der Waals surface area contributed by atoms with Crippen molar-refractivity contribution in [3.05, 3.63) is 41.7 Å². The van der Waals surface area contributed by atoms with Crippen LogP contribution >= 0.6 is 0 Å². The molecule has 0 radical (unpaired) electrons. The number of fused-ring (bicyclic) bond motifs is 1. The Morgan fingerprint density at radius 3 is 1.82 bits per heavy atom. The molecule has 0 N–H and O–H groups in total. The fourth-order valence-corrected chi connectivity index (χ4v) is 9.55. The van der Waals surface area contributed by atoms with E-state index in [4.69, 9.17) is 4.43 Å². The van der Waals surface area contributed by atoms with E-state index < -0.39 is 94.5 Å². The van der Waals surface area contributed by atoms with Crippen molar-refractivity contribution in [2.75, 3.05) is 4.90 Å². The molecule has 0 aromatic heterocycles. The number of alkyl halides is 9. The molecule has 0 spiro atoms. The van der Waals surface area contributed by atoms with E-state index >= 15 is 0 Å². The second kappa shape index (κ2) is 10.5. The summed E-state index contributed by atoms with van der Waals surface area (Å²) in [6.07, 6.45) is -7.25. The summed E-state index contributed by atoms with van der Waals surface area (Å²) in [7, 11) is -9.77. The van der Waals surface area contributed by atoms with Gasteiger partial charge in [0.15, 0.2) is 8.32 Å². The predicted octanol–water partition coefficient (Wildman–Crippen LogP) is 6.73. The Labute approximate surface area is 254 Å². The first-order chi connectivity index (χ1) is 20.1. The lowest BCUT2D eigenvalue weighted by atomic mass is 9.52. The highest BCUT2D eigenvalue weighted by molar-refractivity contribution is 7.88. The van der Waals surface area contributed by atoms with Gasteiger partial charge in [-0.1, -0.05) is 18.2 Å². The Morgan fingerprint density at radius 1 is 0.822 bits per heavy atom. The van der Waals surface area contributed by atoms with Gasteiger partial charge in [-0.25, -0.2) is 0 Å². The van der Waals surface area contributed by atoms with Gasteiger partial charge in [-0.2, -0.15) is 47.9 Å². The number of para-hydroxylation sites is 1. The Kier molecular flexibility index (Phi) is 8.19. The fourth-order valence-electron chi connectivity index (χ4n) is 6.79. The summed E-state index contributed by atoms with van der Waals surface area (Å²) in [6, 6.07) is 7.48. The van der Waals surface area contributed by atoms with Gasteiger partial charge in [0.25, 0.3) is 0 Å². The number of benzene rings is 1. The number of allylic oxidation sites excluding steroid dienone is 2. The monoisotopic (exact) mass is 695 g/mol. The van der Waals surface area contributed by atoms with Crippen molar-refractivity contribution in [3.63, 3.8) is 0 Å². The highest BCUT2D eigenvalue weighted by atomic mass is 32.2. The van der Waals surface area contributed by atoms with Crippen molar-refractivity contribution in [1.82, 2.24) is 0 Å². The summed E-state index contributed by atoms with van der Waals surface area (Å²) < 4.78 is 159. The van der Waals surface area contributed by atoms with Crippen molar-refractivity contribution in [1.29, 1.82) is 0 Å². The number of carbonyl (C=O) groups excluding carboxylic acids is 2. The highest BCUT2D eigenvalue weighted by Gasteiger charge is 2.86. The fraction of sp³-hybridized carbons (Fsp3) is 0.630. The third kappa shape index (κ3) is 5.27. The summed E-state index contributed by atoms with van der Waals surface area (Å²) >= 11 is 0. The number of amides is 2. The lowest BCUT2D eigenvalue weighted by Crippen LogP contribution is -2.63. The molecular weight excluding hydrogens is 665 g/mol. The summed E-state index contributed by atoms with van der Waals surface area (Å²) in [4.78, 5) is 28.3. The number of carbonyl (C=O) groups is 2. The van der Waals surface area contributed by atoms with Crippen LogP contribution in [0.5, 0.6) is 0 Å². The number of halogens is 9. The van der Waals surface area contributed by atoms with Crippen molar-refractivity contribution < 1.29 is 66.1 Å². The zero-order valence-corrected chi connectivity index (χ0v) is 26.5. The second-order valence-electron chi connectivity index (χ2n) is 12.9. The Hall–Kier alpha value is -2.60. The van der Waals surface area contributed by atoms with Gasteiger partial charge in [-0.3, -0.25) is 14.5 Å². The molecule has 1 aromatic rings. The number of nitrogens with zero attached hydrogens (tertiary/aromatic N) is 1. The van der Waals surface area contributed by atoms with E-state index in [1.54, 1.807) is 39.6 Å². The van der Waals surface area contributed by atoms with Gasteiger partial charge in [0.05, 0.1) is 23.1 Å². The number of hydrogen-bond donors (Lipinski definition) is 0. The molecule has 5 atom stereocenters. The minimum absolute atomic E-state index is 0.0163. The maximum Gasteiger partial charge on any atom is 0.460 e. The van der Waals surface area contributed by atoms with E-state index in [0.29, 0.717) is 0 Å². The largest absolute Gasteiger partial charge is 0.460 e. The van der Waals surface area contributed by atoms with Gasteiger partial charge >= 0.3 is 33.4 Å². The topological polar surface area (TPSA) is 90.0 Å². The van der Waals surface area contributed by atoms with Crippen molar-refractivity contribution in [2.45, 2.75) is 75.7 Å². The minimum Gasteiger partial charge on any atom is -0.412 e. The lowest BCUT2D eigenvalue weighted by Gasteiger charge is -2.54. The molecule has 252 valence electrons. The van der Waals surface area contributed by atoms with E-state index in [1.165, 1.54) is 24.3 Å². The molecular formula is C27H30F9NO6SSi. The molecule has 2 fully saturated rings. The van der Waals surface area contributed by atoms with Crippen molar-refractivity contribution in [3.8, 4) is 0 Å². The Balaban J connectivity index is 1.86. The molecule has 5 rings (SSSR count). The summed E-state index contributed by atoms with van der Waals surface area (Å²) in [5.74, 6) is -24.0. The van der Waals surface area contributed by atoms with Gasteiger partial charge in [0.1, 0.15) is 5.76 Å². The Bertz CT molecular complexity index is 1520. The predicted molar refractivity (Wildman–Crippen MR) is 143 cm³/mol. The van der Waals surface area contributed by atoms with Crippen molar-refractivity contribution >= 4 is 35.9 Å². The van der Waals surface area contributed by atoms with E-state index in [2.05, 4.69) is 4.18 Å². The molecule has 2 amide bonds. The Morgan fingerprint density at radius 2 is 1.33 bits per heavy atom. The molecule has 1 saturated carbocycles. The normalized spacial score (nSPS) is 26.9. The van der Waals surface area contributed by atoms with Crippen LogP contribution in [-0.4, -0.2) is 57.4 Å². The first-order valence-corrected chi connectivity index (χ1v) is 18.4. The van der Waals surface area contributed by atoms with Gasteiger partial charge < -0.3 is 8.61 Å². The van der Waals surface area contributed by atoms with Crippen LogP contribution in [0.25, 0.3) is 0 Å². The van der Waals surface area contributed by atoms with Crippen LogP contribution in [0.3, 0.4) is 0 Å². The van der Waals surface area contributed by atoms with E-state index in [1.807, 2.05) is 0 Å². The van der Waals surface area contributed by atoms with Gasteiger partial charge in [-0.15, -0.1) is 0 Å². The molecule has 2 bridgehead atoms. The first-order valence-electron chi connectivity index (χ1n) is 13.6. The van der Waals surface area contributed by atoms with Crippen LogP contribution in [0.4, 0.5) is 45.2 Å². The average molecular weight is 696 g/mol. The maximum atomic E-state index is 14.8. The highest BCUT2D eigenvalue weighted by Crippen LogP contribution is 2.62. The molecule has 3 aliphatic carbocycles. The summed E-state index contributed by atoms with van der Waals surface area (Å²) in [5, 5.41) is -7.10. The molecule has 1 aromatic carbocycles. The first kappa shape index (κ1) is 35.3. The lowest BCUT2D eigenvalue weighted by molar-refractivity contribution is -0.382. The van der Waals surface area contributed by atoms with Crippen molar-refractivity contribution in [2.24, 2.45) is 29.6 Å². The van der Waals surface area contributed by atoms with Crippen LogP contribution in [0.2, 0.25) is 19.6 Å². The minimum atomic E-state index is -7.51. The number of hydrogen-bond acceptors (Lipinski definition) is 6. The molecule has 1 aliphatic heterocycles. The molecule has 1 saturated heterocycles. The average Bonchev–Trinajstić information content (AvgIpc) is 3.14. The van der Waals surface area contributed by atoms with Crippen LogP contribution in [-0.2, 0) is 28.3 Å². The zero-order chi connectivity index (χ0) is 34.5. The standard InChI is InChI=1S/C27H30F9NO6SSi/c1-13-15-12-16(23(2,3)43-45(4,5)6)18(19-17(15)21(38)37(22(19)39)14-10-8-7-9-11-14)20(13)42-44(40,41)27(35,36)25(30,31)24(28,29)26(32,33)34/h7-11,15-19H,12H2,1-6H3/t15-,16-,17+,18-,19+/m1/s1. The van der Waals surface area contributed by atoms with Crippen LogP contribution in [0.1, 0.15) is 27.2 Å². The quantitative estimate of drug-likeness (QED) is 0.123. The molecule has 0 unspecified atom stereocenters. The smallest absolute Gasteiger partial charge is 0.412 e. The number of rotatable bonds is 9. The summed E-state index contributed by atoms with van der Waals surface area (Å²) in [5.41, 5.74) is -1.39. The van der Waals surface area contributed by atoms with Gasteiger partial charge in [-0.05, 0) is 76.4 Å². The summed E-state index contributed by atoms with van der Waals surface area (Å²) in [6.45, 7) is 9.59. The molecule has 7 nitrogen and oxygen atoms in total. The third-order valence-corrected chi connectivity index (χ3v) is 10.9. The zero-order valence-electron chi connectivity index (χ0n) is 24.7. The van der Waals surface area contributed by atoms with Crippen LogP contribution in [0.15, 0.2) is 41.7 Å². The van der Waals surface area contributed by atoms with Gasteiger partial charge in [0, 0.05) is 5.92 Å². The van der Waals surface area contributed by atoms with E-state index in [-0.39, 0.29) is 17.7 Å². The number of imide groups is 1. The SMILES string of the molecule is CC1=C(OS(=O)(=O)C(F)(F)C(F)(F)C(F)(F)C(F)(F)F)[C@H]2[C@H]3C(=O)N(c4ccccc4)C(=O)[C@H]3[C@@H]1C[C@H]2C(C)(C)O[Si](C)(C)C. The van der Waals surface area contributed by atoms with Gasteiger partial charge in [0.2, 0.25) is 11.8 Å². The maximum absolute atomic E-state index is 14.8. The molecule has 45 heavy (non-hydrogen) atoms. The van der Waals surface area contributed by atoms with E-state index in [0.717, 1.165) is 11.8 Å². The van der Waals surface area contributed by atoms with Crippen LogP contribution in [0, 0.1) is 29.6 Å². The van der Waals surface area contributed by atoms with Crippen LogP contribution < -0.4 is 4.90 Å². The molecule has 18 heteroatoms. The third-order valence-electron chi connectivity index (χ3n) is 8.51. The van der Waals surface area contributed by atoms with E-state index in [9.17, 15) is 57.5 Å².